The van der Waals surface area contributed by atoms with Crippen LogP contribution in [0.4, 0.5) is 9.18 Å². The molecule has 0 saturated heterocycles. The van der Waals surface area contributed by atoms with Crippen molar-refractivity contribution in [1.29, 1.82) is 0 Å². The smallest absolute Gasteiger partial charge is 0.428 e. The van der Waals surface area contributed by atoms with Gasteiger partial charge >= 0.3 is 17.9 Å². The van der Waals surface area contributed by atoms with Crippen molar-refractivity contribution in [1.82, 2.24) is 16.1 Å². The number of nitrogens with zero attached hydrogens (tertiary/aromatic N) is 1. The molecule has 1 aromatic rings. The summed E-state index contributed by atoms with van der Waals surface area (Å²) < 4.78 is 25.7. The fourth-order valence-corrected chi connectivity index (χ4v) is 4.93. The van der Waals surface area contributed by atoms with Gasteiger partial charge in [-0.1, -0.05) is 15.9 Å². The van der Waals surface area contributed by atoms with E-state index in [0.29, 0.717) is 47.9 Å². The number of halogens is 2. The Morgan fingerprint density at radius 1 is 1.31 bits per heavy atom. The van der Waals surface area contributed by atoms with E-state index in [0.717, 1.165) is 0 Å². The predicted molar refractivity (Wildman–Crippen MR) is 117 cm³/mol. The summed E-state index contributed by atoms with van der Waals surface area (Å²) in [5.74, 6) is -1.81. The molecule has 1 atom stereocenters. The third-order valence-electron chi connectivity index (χ3n) is 6.06. The molecule has 1 aromatic carbocycles. The van der Waals surface area contributed by atoms with Crippen LogP contribution in [0, 0.1) is 5.82 Å². The first-order chi connectivity index (χ1) is 15.1. The largest absolute Gasteiger partial charge is 0.435 e. The van der Waals surface area contributed by atoms with Crippen LogP contribution in [0.2, 0.25) is 0 Å². The topological polar surface area (TPSA) is 118 Å². The minimum absolute atomic E-state index is 0.316. The number of hydrogen-bond acceptors (Lipinski definition) is 6. The van der Waals surface area contributed by atoms with Gasteiger partial charge in [0.25, 0.3) is 0 Å². The summed E-state index contributed by atoms with van der Waals surface area (Å²) in [5, 5.41) is 9.21. The zero-order valence-electron chi connectivity index (χ0n) is 18.1. The summed E-state index contributed by atoms with van der Waals surface area (Å²) >= 11 is 3.37. The highest BCUT2D eigenvalue weighted by molar-refractivity contribution is 9.10. The van der Waals surface area contributed by atoms with E-state index in [-0.39, 0.29) is 6.04 Å². The fourth-order valence-electron chi connectivity index (χ4n) is 4.39. The van der Waals surface area contributed by atoms with Gasteiger partial charge in [-0.05, 0) is 57.2 Å². The maximum atomic E-state index is 13.6. The zero-order chi connectivity index (χ0) is 23.5. The molecule has 11 heteroatoms. The molecule has 1 fully saturated rings. The van der Waals surface area contributed by atoms with Crippen molar-refractivity contribution in [3.63, 3.8) is 0 Å². The molecular formula is C21H26BrFN4O5. The van der Waals surface area contributed by atoms with Gasteiger partial charge in [-0.15, -0.1) is 0 Å². The highest BCUT2D eigenvalue weighted by Gasteiger charge is 2.51. The van der Waals surface area contributed by atoms with Crippen molar-refractivity contribution in [2.45, 2.75) is 56.3 Å². The van der Waals surface area contributed by atoms with Gasteiger partial charge in [-0.2, -0.15) is 5.10 Å². The van der Waals surface area contributed by atoms with E-state index in [2.05, 4.69) is 37.1 Å². The molecule has 32 heavy (non-hydrogen) atoms. The number of nitrogens with one attached hydrogen (secondary N) is 3. The van der Waals surface area contributed by atoms with Crippen LogP contribution >= 0.6 is 15.9 Å². The Balaban J connectivity index is 1.79. The Kier molecular flexibility index (Phi) is 7.19. The molecule has 0 radical (unpaired) electrons. The highest BCUT2D eigenvalue weighted by atomic mass is 79.9. The molecule has 0 bridgehead atoms. The third-order valence-corrected chi connectivity index (χ3v) is 6.71. The number of likely N-dealkylation sites (N-methyl/N-ethyl adjacent to an activating group) is 1. The van der Waals surface area contributed by atoms with Crippen LogP contribution < -0.4 is 16.1 Å². The van der Waals surface area contributed by atoms with Gasteiger partial charge in [0.15, 0.2) is 5.60 Å². The van der Waals surface area contributed by atoms with Crippen LogP contribution in [0.15, 0.2) is 27.8 Å². The van der Waals surface area contributed by atoms with Gasteiger partial charge in [0.05, 0.1) is 5.60 Å². The van der Waals surface area contributed by atoms with Crippen molar-refractivity contribution in [2.24, 2.45) is 5.10 Å². The fraction of sp³-hybridized carbons (Fsp3) is 0.524. The van der Waals surface area contributed by atoms with E-state index in [9.17, 15) is 18.8 Å². The van der Waals surface area contributed by atoms with Crippen molar-refractivity contribution in [3.05, 3.63) is 34.1 Å². The number of carbonyl (C=O) groups excluding carboxylic acids is 3. The number of carbonyl (C=O) groups is 3. The molecule has 1 saturated carbocycles. The molecule has 1 aliphatic heterocycles. The first-order valence-corrected chi connectivity index (χ1v) is 11.0. The Morgan fingerprint density at radius 3 is 2.59 bits per heavy atom. The summed E-state index contributed by atoms with van der Waals surface area (Å²) in [5.41, 5.74) is 1.91. The maximum absolute atomic E-state index is 13.6. The second-order valence-electron chi connectivity index (χ2n) is 8.13. The van der Waals surface area contributed by atoms with Crippen molar-refractivity contribution in [3.8, 4) is 0 Å². The number of amides is 3. The number of methoxy groups -OCH3 is 1. The Hall–Kier alpha value is -2.53. The first-order valence-electron chi connectivity index (χ1n) is 10.2. The summed E-state index contributed by atoms with van der Waals surface area (Å²) in [6.45, 7) is 1.80. The van der Waals surface area contributed by atoms with Gasteiger partial charge in [0, 0.05) is 30.2 Å². The predicted octanol–water partition coefficient (Wildman–Crippen LogP) is 2.37. The highest BCUT2D eigenvalue weighted by Crippen LogP contribution is 2.44. The monoisotopic (exact) mass is 512 g/mol. The van der Waals surface area contributed by atoms with E-state index in [4.69, 9.17) is 9.47 Å². The van der Waals surface area contributed by atoms with Gasteiger partial charge < -0.3 is 20.1 Å². The summed E-state index contributed by atoms with van der Waals surface area (Å²) in [4.78, 5) is 35.4. The second kappa shape index (κ2) is 9.53. The molecule has 3 amide bonds. The number of hydrogen-bond donors (Lipinski definition) is 3. The van der Waals surface area contributed by atoms with Crippen LogP contribution in [-0.2, 0) is 19.1 Å². The molecule has 0 unspecified atom stereocenters. The molecule has 2 aliphatic rings. The quantitative estimate of drug-likeness (QED) is 0.523. The molecule has 0 aromatic heterocycles. The van der Waals surface area contributed by atoms with Crippen LogP contribution in [-0.4, -0.2) is 55.0 Å². The van der Waals surface area contributed by atoms with Gasteiger partial charge in [-0.3, -0.25) is 9.59 Å². The van der Waals surface area contributed by atoms with Crippen LogP contribution in [0.25, 0.3) is 0 Å². The standard InChI is InChI=1S/C21H26BrFN4O5/c1-12(25-18(29)17(28)24-2)11-20(31-3)6-8-21(9-7-20)16(26-27-19(30)32-21)14-5-4-13(23)10-15(14)22/h4-5,10,12H,6-9,11H2,1-3H3,(H,24,28)(H,25,29)(H,27,30)/t12-,20?,21?/m0/s1. The number of rotatable bonds is 5. The number of ether oxygens (including phenoxy) is 2. The van der Waals surface area contributed by atoms with Crippen molar-refractivity contribution >= 4 is 39.5 Å². The molecule has 9 nitrogen and oxygen atoms in total. The van der Waals surface area contributed by atoms with Crippen molar-refractivity contribution < 1.29 is 28.2 Å². The first kappa shape index (κ1) is 24.1. The van der Waals surface area contributed by atoms with Gasteiger partial charge in [0.1, 0.15) is 11.5 Å². The third kappa shape index (κ3) is 4.93. The van der Waals surface area contributed by atoms with Crippen LogP contribution in [0.5, 0.6) is 0 Å². The molecule has 1 spiro atoms. The van der Waals surface area contributed by atoms with Crippen molar-refractivity contribution in [2.75, 3.05) is 14.2 Å². The lowest BCUT2D eigenvalue weighted by molar-refractivity contribution is -0.139. The summed E-state index contributed by atoms with van der Waals surface area (Å²) in [6, 6.07) is 3.94. The molecular weight excluding hydrogens is 487 g/mol. The lowest BCUT2D eigenvalue weighted by Crippen LogP contribution is -2.56. The lowest BCUT2D eigenvalue weighted by Gasteiger charge is -2.47. The average Bonchev–Trinajstić information content (AvgIpc) is 2.76. The average molecular weight is 513 g/mol. The van der Waals surface area contributed by atoms with Crippen LogP contribution in [0.1, 0.15) is 44.6 Å². The van der Waals surface area contributed by atoms with Crippen LogP contribution in [0.3, 0.4) is 0 Å². The Labute approximate surface area is 193 Å². The molecule has 3 N–H and O–H groups in total. The van der Waals surface area contributed by atoms with E-state index < -0.39 is 34.9 Å². The maximum Gasteiger partial charge on any atom is 0.428 e. The minimum Gasteiger partial charge on any atom is -0.435 e. The minimum atomic E-state index is -0.987. The van der Waals surface area contributed by atoms with E-state index in [1.54, 1.807) is 20.1 Å². The van der Waals surface area contributed by atoms with E-state index in [1.807, 2.05) is 0 Å². The molecule has 3 rings (SSSR count). The van der Waals surface area contributed by atoms with Gasteiger partial charge in [0.2, 0.25) is 0 Å². The van der Waals surface area contributed by atoms with E-state index in [1.165, 1.54) is 19.2 Å². The second-order valence-corrected chi connectivity index (χ2v) is 8.98. The zero-order valence-corrected chi connectivity index (χ0v) is 19.7. The number of benzene rings is 1. The normalized spacial score (nSPS) is 25.9. The number of hydrazone groups is 1. The molecule has 174 valence electrons. The lowest BCUT2D eigenvalue weighted by atomic mass is 9.70. The SMILES string of the molecule is CNC(=O)C(=O)N[C@@H](C)CC1(OC)CCC2(CC1)OC(=O)NN=C2c1ccc(F)cc1Br. The van der Waals surface area contributed by atoms with Gasteiger partial charge in [-0.25, -0.2) is 14.6 Å². The Bertz CT molecular complexity index is 946. The molecule has 1 heterocycles. The summed E-state index contributed by atoms with van der Waals surface area (Å²) in [7, 11) is 2.99. The summed E-state index contributed by atoms with van der Waals surface area (Å²) in [6.07, 6.45) is 1.72. The van der Waals surface area contributed by atoms with E-state index >= 15 is 0 Å². The molecule has 1 aliphatic carbocycles. The Morgan fingerprint density at radius 2 is 2.00 bits per heavy atom.